The van der Waals surface area contributed by atoms with E-state index in [9.17, 15) is 0 Å². The lowest BCUT2D eigenvalue weighted by atomic mass is 10.2. The molecule has 0 bridgehead atoms. The zero-order valence-corrected chi connectivity index (χ0v) is 12.9. The van der Waals surface area contributed by atoms with Crippen molar-refractivity contribution in [2.24, 2.45) is 0 Å². The molecule has 0 aliphatic carbocycles. The van der Waals surface area contributed by atoms with E-state index in [1.807, 2.05) is 41.0 Å². The number of para-hydroxylation sites is 2. The molecule has 1 N–H and O–H groups in total. The summed E-state index contributed by atoms with van der Waals surface area (Å²) in [6.07, 6.45) is 5.11. The molecule has 0 spiro atoms. The number of hydrogen-bond donors (Lipinski definition) is 1. The lowest BCUT2D eigenvalue weighted by Gasteiger charge is -2.03. The Morgan fingerprint density at radius 3 is 2.80 bits per heavy atom. The third kappa shape index (κ3) is 2.27. The Bertz CT molecular complexity index is 1140. The Morgan fingerprint density at radius 1 is 1.00 bits per heavy atom. The second-order valence-electron chi connectivity index (χ2n) is 5.40. The van der Waals surface area contributed by atoms with Gasteiger partial charge in [0.15, 0.2) is 0 Å². The van der Waals surface area contributed by atoms with Crippen molar-refractivity contribution in [3.05, 3.63) is 61.2 Å². The summed E-state index contributed by atoms with van der Waals surface area (Å²) >= 11 is 0. The number of benzene rings is 1. The van der Waals surface area contributed by atoms with E-state index in [1.165, 1.54) is 0 Å². The lowest BCUT2D eigenvalue weighted by molar-refractivity contribution is 0.431. The highest BCUT2D eigenvalue weighted by Gasteiger charge is 2.12. The number of hydrogen-bond acceptors (Lipinski definition) is 6. The topological polar surface area (TPSA) is 98.3 Å². The summed E-state index contributed by atoms with van der Waals surface area (Å²) in [4.78, 5) is 13.2. The number of pyridine rings is 1. The second kappa shape index (κ2) is 5.38. The van der Waals surface area contributed by atoms with Crippen LogP contribution in [0.2, 0.25) is 0 Å². The first-order valence-corrected chi connectivity index (χ1v) is 7.61. The van der Waals surface area contributed by atoms with Gasteiger partial charge in [0.05, 0.1) is 11.0 Å². The van der Waals surface area contributed by atoms with Gasteiger partial charge in [-0.05, 0) is 30.3 Å². The maximum atomic E-state index is 5.25. The first kappa shape index (κ1) is 13.6. The van der Waals surface area contributed by atoms with E-state index in [4.69, 9.17) is 4.52 Å². The molecule has 4 heterocycles. The Kier molecular flexibility index (Phi) is 2.93. The van der Waals surface area contributed by atoms with Crippen molar-refractivity contribution >= 4 is 11.0 Å². The largest absolute Gasteiger partial charge is 0.332 e. The van der Waals surface area contributed by atoms with Gasteiger partial charge in [-0.1, -0.05) is 17.3 Å². The fraction of sp³-hybridized carbons (Fsp3) is 0. The van der Waals surface area contributed by atoms with Gasteiger partial charge in [0, 0.05) is 18.0 Å². The van der Waals surface area contributed by atoms with Crippen molar-refractivity contribution in [1.29, 1.82) is 0 Å². The molecule has 5 aromatic rings. The molecular weight excluding hydrogens is 318 g/mol. The molecule has 25 heavy (non-hydrogen) atoms. The monoisotopic (exact) mass is 329 g/mol. The third-order valence-corrected chi connectivity index (χ3v) is 3.86. The number of rotatable bonds is 3. The molecule has 0 aliphatic rings. The van der Waals surface area contributed by atoms with E-state index >= 15 is 0 Å². The molecule has 120 valence electrons. The molecule has 1 aromatic carbocycles. The van der Waals surface area contributed by atoms with Gasteiger partial charge in [-0.25, -0.2) is 9.97 Å². The van der Waals surface area contributed by atoms with E-state index in [0.29, 0.717) is 17.4 Å². The quantitative estimate of drug-likeness (QED) is 0.546. The minimum atomic E-state index is 0.386. The van der Waals surface area contributed by atoms with Gasteiger partial charge in [-0.2, -0.15) is 10.1 Å². The second-order valence-corrected chi connectivity index (χ2v) is 5.40. The van der Waals surface area contributed by atoms with Crippen LogP contribution in [0.15, 0.2) is 65.7 Å². The van der Waals surface area contributed by atoms with Crippen LogP contribution in [0, 0.1) is 0 Å². The van der Waals surface area contributed by atoms with Crippen LogP contribution in [0.1, 0.15) is 0 Å². The van der Waals surface area contributed by atoms with E-state index in [2.05, 4.69) is 30.3 Å². The number of aromatic amines is 1. The molecular formula is C17H11N7O. The molecule has 0 radical (unpaired) electrons. The highest BCUT2D eigenvalue weighted by molar-refractivity contribution is 5.76. The minimum Gasteiger partial charge on any atom is -0.332 e. The third-order valence-electron chi connectivity index (χ3n) is 3.86. The summed E-state index contributed by atoms with van der Waals surface area (Å²) in [6, 6.07) is 13.5. The van der Waals surface area contributed by atoms with E-state index in [0.717, 1.165) is 22.4 Å². The summed E-state index contributed by atoms with van der Waals surface area (Å²) in [5.41, 5.74) is 3.37. The van der Waals surface area contributed by atoms with Gasteiger partial charge in [-0.15, -0.1) is 0 Å². The van der Waals surface area contributed by atoms with Crippen molar-refractivity contribution in [2.75, 3.05) is 0 Å². The van der Waals surface area contributed by atoms with Crippen LogP contribution in [0.3, 0.4) is 0 Å². The summed E-state index contributed by atoms with van der Waals surface area (Å²) in [7, 11) is 0. The summed E-state index contributed by atoms with van der Waals surface area (Å²) < 4.78 is 7.18. The number of nitrogens with zero attached hydrogens (tertiary/aromatic N) is 6. The van der Waals surface area contributed by atoms with E-state index < -0.39 is 0 Å². The van der Waals surface area contributed by atoms with Gasteiger partial charge in [0.1, 0.15) is 17.8 Å². The predicted molar refractivity (Wildman–Crippen MR) is 89.7 cm³/mol. The van der Waals surface area contributed by atoms with Crippen LogP contribution in [0.4, 0.5) is 0 Å². The fourth-order valence-corrected chi connectivity index (χ4v) is 2.63. The molecule has 4 aromatic heterocycles. The van der Waals surface area contributed by atoms with E-state index in [1.54, 1.807) is 24.8 Å². The molecule has 0 unspecified atom stereocenters. The van der Waals surface area contributed by atoms with Gasteiger partial charge in [0.25, 0.3) is 5.89 Å². The molecule has 8 nitrogen and oxygen atoms in total. The highest BCUT2D eigenvalue weighted by Crippen LogP contribution is 2.22. The first-order valence-electron chi connectivity index (χ1n) is 7.61. The van der Waals surface area contributed by atoms with Crippen LogP contribution in [0.25, 0.3) is 39.8 Å². The number of nitrogens with one attached hydrogen (secondary N) is 1. The van der Waals surface area contributed by atoms with Crippen molar-refractivity contribution in [1.82, 2.24) is 34.9 Å². The number of imidazole rings is 1. The number of aromatic nitrogens is 7. The zero-order valence-electron chi connectivity index (χ0n) is 12.9. The van der Waals surface area contributed by atoms with Crippen molar-refractivity contribution in [2.45, 2.75) is 0 Å². The Balaban J connectivity index is 1.49. The van der Waals surface area contributed by atoms with Crippen LogP contribution < -0.4 is 0 Å². The van der Waals surface area contributed by atoms with E-state index in [-0.39, 0.29) is 0 Å². The average Bonchev–Trinajstić information content (AvgIpc) is 3.40. The molecule has 0 saturated carbocycles. The molecule has 0 fully saturated rings. The van der Waals surface area contributed by atoms with Crippen molar-refractivity contribution in [3.63, 3.8) is 0 Å². The molecule has 0 saturated heterocycles. The number of fused-ring (bicyclic) bond motifs is 1. The smallest absolute Gasteiger partial charge is 0.276 e. The normalized spacial score (nSPS) is 11.2. The zero-order chi connectivity index (χ0) is 16.6. The molecule has 0 atom stereocenters. The van der Waals surface area contributed by atoms with Gasteiger partial charge >= 0.3 is 0 Å². The van der Waals surface area contributed by atoms with Crippen LogP contribution >= 0.6 is 0 Å². The standard InChI is InChI=1S/C17H11N7O/c1-2-4-14-12(3-1)19-10-24(14)15-6-5-11(9-18-15)16-21-17(25-23-16)13-7-8-20-22-13/h1-10H,(H,20,22). The van der Waals surface area contributed by atoms with Gasteiger partial charge in [0.2, 0.25) is 5.82 Å². The first-order chi connectivity index (χ1) is 12.4. The maximum absolute atomic E-state index is 5.25. The van der Waals surface area contributed by atoms with Gasteiger partial charge < -0.3 is 4.52 Å². The highest BCUT2D eigenvalue weighted by atomic mass is 16.5. The molecule has 8 heteroatoms. The van der Waals surface area contributed by atoms with Crippen LogP contribution in [-0.4, -0.2) is 34.9 Å². The summed E-state index contributed by atoms with van der Waals surface area (Å²) in [6.45, 7) is 0. The average molecular weight is 329 g/mol. The SMILES string of the molecule is c1ccc2c(c1)ncn2-c1ccc(-c2noc(-c3ccn[nH]3)n2)cn1. The predicted octanol–water partition coefficient (Wildman–Crippen LogP) is 2.86. The molecule has 5 rings (SSSR count). The molecule has 0 aliphatic heterocycles. The van der Waals surface area contributed by atoms with Gasteiger partial charge in [-0.3, -0.25) is 9.67 Å². The Morgan fingerprint density at radius 2 is 1.96 bits per heavy atom. The molecule has 0 amide bonds. The van der Waals surface area contributed by atoms with Crippen LogP contribution in [0.5, 0.6) is 0 Å². The van der Waals surface area contributed by atoms with Crippen molar-refractivity contribution in [3.8, 4) is 28.8 Å². The fourth-order valence-electron chi connectivity index (χ4n) is 2.63. The van der Waals surface area contributed by atoms with Crippen LogP contribution in [-0.2, 0) is 0 Å². The Hall–Kier alpha value is -3.81. The lowest BCUT2D eigenvalue weighted by Crippen LogP contribution is -1.95. The maximum Gasteiger partial charge on any atom is 0.276 e. The number of H-pyrrole nitrogens is 1. The Labute approximate surface area is 141 Å². The minimum absolute atomic E-state index is 0.386. The van der Waals surface area contributed by atoms with Crippen molar-refractivity contribution < 1.29 is 4.52 Å². The summed E-state index contributed by atoms with van der Waals surface area (Å²) in [5, 5.41) is 10.7. The summed E-state index contributed by atoms with van der Waals surface area (Å²) in [5.74, 6) is 1.63.